The summed E-state index contributed by atoms with van der Waals surface area (Å²) >= 11 is 0. The number of aryl methyl sites for hydroxylation is 2. The third-order valence-electron chi connectivity index (χ3n) is 5.38. The molecule has 0 spiro atoms. The molecule has 4 rings (SSSR count). The molecule has 140 valence electrons. The monoisotopic (exact) mass is 363 g/mol. The fourth-order valence-corrected chi connectivity index (χ4v) is 3.87. The van der Waals surface area contributed by atoms with Crippen LogP contribution in [0.1, 0.15) is 41.9 Å². The Morgan fingerprint density at radius 2 is 2.11 bits per heavy atom. The van der Waals surface area contributed by atoms with Crippen LogP contribution < -0.4 is 0 Å². The summed E-state index contributed by atoms with van der Waals surface area (Å²) in [5, 5.41) is 4.26. The van der Waals surface area contributed by atoms with Crippen molar-refractivity contribution >= 4 is 5.91 Å². The third-order valence-corrected chi connectivity index (χ3v) is 5.38. The predicted molar refractivity (Wildman–Crippen MR) is 104 cm³/mol. The van der Waals surface area contributed by atoms with Gasteiger partial charge in [-0.15, -0.1) is 0 Å². The molecule has 0 unspecified atom stereocenters. The summed E-state index contributed by atoms with van der Waals surface area (Å²) in [5.41, 5.74) is 1.64. The standard InChI is InChI=1S/C21H25N5O/c1-17-22-11-15-24(17)14-9-19-7-2-3-12-25(19)21(27)18-6-4-8-20(16-18)26-13-5-10-23-26/h4-6,8,10-11,13,15-16,19H,2-3,7,9,12,14H2,1H3/t19-/m0/s1. The second-order valence-corrected chi connectivity index (χ2v) is 7.11. The van der Waals surface area contributed by atoms with Crippen molar-refractivity contribution < 1.29 is 4.79 Å². The maximum absolute atomic E-state index is 13.2. The molecule has 0 saturated carbocycles. The average Bonchev–Trinajstić information content (AvgIpc) is 3.38. The second-order valence-electron chi connectivity index (χ2n) is 7.11. The quantitative estimate of drug-likeness (QED) is 0.697. The maximum atomic E-state index is 13.2. The van der Waals surface area contributed by atoms with E-state index in [-0.39, 0.29) is 11.9 Å². The van der Waals surface area contributed by atoms with Crippen LogP contribution in [0.15, 0.2) is 55.1 Å². The van der Waals surface area contributed by atoms with Gasteiger partial charge in [-0.2, -0.15) is 5.10 Å². The highest BCUT2D eigenvalue weighted by atomic mass is 16.2. The minimum atomic E-state index is 0.121. The first-order valence-corrected chi connectivity index (χ1v) is 9.61. The van der Waals surface area contributed by atoms with E-state index in [0.717, 1.165) is 49.4 Å². The van der Waals surface area contributed by atoms with Crippen molar-refractivity contribution in [2.45, 2.75) is 45.2 Å². The summed E-state index contributed by atoms with van der Waals surface area (Å²) in [6, 6.07) is 9.90. The van der Waals surface area contributed by atoms with Gasteiger partial charge in [0.1, 0.15) is 5.82 Å². The van der Waals surface area contributed by atoms with E-state index in [1.54, 1.807) is 10.9 Å². The molecule has 1 aliphatic heterocycles. The molecule has 1 saturated heterocycles. The first kappa shape index (κ1) is 17.5. The molecule has 27 heavy (non-hydrogen) atoms. The summed E-state index contributed by atoms with van der Waals surface area (Å²) in [7, 11) is 0. The molecule has 6 heteroatoms. The molecule has 0 bridgehead atoms. The number of benzene rings is 1. The van der Waals surface area contributed by atoms with Crippen molar-refractivity contribution in [3.8, 4) is 5.69 Å². The zero-order chi connectivity index (χ0) is 18.6. The number of amides is 1. The fraction of sp³-hybridized carbons (Fsp3) is 0.381. The molecule has 1 fully saturated rings. The molecule has 0 N–H and O–H groups in total. The molecule has 0 radical (unpaired) electrons. The van der Waals surface area contributed by atoms with Crippen molar-refractivity contribution in [1.82, 2.24) is 24.2 Å². The number of hydrogen-bond acceptors (Lipinski definition) is 3. The Bertz CT molecular complexity index is 899. The first-order valence-electron chi connectivity index (χ1n) is 9.61. The molecule has 1 aliphatic rings. The van der Waals surface area contributed by atoms with Gasteiger partial charge in [-0.05, 0) is 56.9 Å². The number of piperidine rings is 1. The van der Waals surface area contributed by atoms with Gasteiger partial charge in [0.2, 0.25) is 0 Å². The van der Waals surface area contributed by atoms with Crippen LogP contribution in [0.25, 0.3) is 5.69 Å². The topological polar surface area (TPSA) is 56.0 Å². The average molecular weight is 363 g/mol. The Balaban J connectivity index is 1.50. The van der Waals surface area contributed by atoms with E-state index in [0.29, 0.717) is 0 Å². The van der Waals surface area contributed by atoms with Crippen molar-refractivity contribution in [1.29, 1.82) is 0 Å². The van der Waals surface area contributed by atoms with Gasteiger partial charge in [0.15, 0.2) is 0 Å². The lowest BCUT2D eigenvalue weighted by Crippen LogP contribution is -2.44. The normalized spacial score (nSPS) is 17.2. The number of rotatable bonds is 5. The Morgan fingerprint density at radius 3 is 2.89 bits per heavy atom. The lowest BCUT2D eigenvalue weighted by atomic mass is 9.98. The van der Waals surface area contributed by atoms with Gasteiger partial charge in [-0.3, -0.25) is 4.79 Å². The molecule has 1 aromatic carbocycles. The fourth-order valence-electron chi connectivity index (χ4n) is 3.87. The van der Waals surface area contributed by atoms with Crippen LogP contribution in [-0.4, -0.2) is 42.7 Å². The van der Waals surface area contributed by atoms with Gasteiger partial charge in [0, 0.05) is 49.5 Å². The number of nitrogens with zero attached hydrogens (tertiary/aromatic N) is 5. The zero-order valence-electron chi connectivity index (χ0n) is 15.7. The number of hydrogen-bond donors (Lipinski definition) is 0. The molecular formula is C21H25N5O. The van der Waals surface area contributed by atoms with Crippen molar-refractivity contribution in [3.63, 3.8) is 0 Å². The smallest absolute Gasteiger partial charge is 0.254 e. The van der Waals surface area contributed by atoms with Crippen LogP contribution >= 0.6 is 0 Å². The Kier molecular flexibility index (Phi) is 5.05. The SMILES string of the molecule is Cc1nccn1CC[C@@H]1CCCCN1C(=O)c1cccc(-n2cccn2)c1. The van der Waals surface area contributed by atoms with Crippen LogP contribution in [-0.2, 0) is 6.54 Å². The molecule has 1 amide bonds. The number of imidazole rings is 1. The van der Waals surface area contributed by atoms with E-state index in [1.807, 2.05) is 55.8 Å². The van der Waals surface area contributed by atoms with Gasteiger partial charge < -0.3 is 9.47 Å². The Hall–Kier alpha value is -2.89. The highest BCUT2D eigenvalue weighted by molar-refractivity contribution is 5.95. The van der Waals surface area contributed by atoms with Crippen LogP contribution in [0.3, 0.4) is 0 Å². The van der Waals surface area contributed by atoms with E-state index in [2.05, 4.69) is 19.5 Å². The number of carbonyl (C=O) groups excluding carboxylic acids is 1. The molecular weight excluding hydrogens is 338 g/mol. The highest BCUT2D eigenvalue weighted by Gasteiger charge is 2.27. The van der Waals surface area contributed by atoms with Crippen LogP contribution in [0.5, 0.6) is 0 Å². The largest absolute Gasteiger partial charge is 0.336 e. The summed E-state index contributed by atoms with van der Waals surface area (Å²) in [6.07, 6.45) is 11.8. The Labute approximate surface area is 159 Å². The minimum absolute atomic E-state index is 0.121. The predicted octanol–water partition coefficient (Wildman–Crippen LogP) is 3.46. The third kappa shape index (κ3) is 3.79. The van der Waals surface area contributed by atoms with Crippen molar-refractivity contribution in [2.75, 3.05) is 6.54 Å². The highest BCUT2D eigenvalue weighted by Crippen LogP contribution is 2.23. The molecule has 6 nitrogen and oxygen atoms in total. The van der Waals surface area contributed by atoms with E-state index in [9.17, 15) is 4.79 Å². The van der Waals surface area contributed by atoms with E-state index < -0.39 is 0 Å². The minimum Gasteiger partial charge on any atom is -0.336 e. The van der Waals surface area contributed by atoms with Crippen LogP contribution in [0.2, 0.25) is 0 Å². The first-order chi connectivity index (χ1) is 13.2. The number of carbonyl (C=O) groups is 1. The summed E-state index contributed by atoms with van der Waals surface area (Å²) in [4.78, 5) is 19.6. The molecule has 1 atom stereocenters. The molecule has 3 aromatic rings. The number of likely N-dealkylation sites (tertiary alicyclic amines) is 1. The summed E-state index contributed by atoms with van der Waals surface area (Å²) in [5.74, 6) is 1.15. The lowest BCUT2D eigenvalue weighted by molar-refractivity contribution is 0.0595. The second kappa shape index (κ2) is 7.78. The van der Waals surface area contributed by atoms with Gasteiger partial charge in [0.05, 0.1) is 5.69 Å². The van der Waals surface area contributed by atoms with Gasteiger partial charge >= 0.3 is 0 Å². The van der Waals surface area contributed by atoms with E-state index in [4.69, 9.17) is 0 Å². The Morgan fingerprint density at radius 1 is 1.19 bits per heavy atom. The molecule has 0 aliphatic carbocycles. The van der Waals surface area contributed by atoms with Gasteiger partial charge in [-0.1, -0.05) is 6.07 Å². The molecule has 3 heterocycles. The summed E-state index contributed by atoms with van der Waals surface area (Å²) < 4.78 is 3.95. The van der Waals surface area contributed by atoms with Gasteiger partial charge in [-0.25, -0.2) is 9.67 Å². The van der Waals surface area contributed by atoms with Crippen LogP contribution in [0.4, 0.5) is 0 Å². The maximum Gasteiger partial charge on any atom is 0.254 e. The van der Waals surface area contributed by atoms with Crippen LogP contribution in [0, 0.1) is 6.92 Å². The van der Waals surface area contributed by atoms with E-state index in [1.165, 1.54) is 6.42 Å². The number of aromatic nitrogens is 4. The molecule has 2 aromatic heterocycles. The zero-order valence-corrected chi connectivity index (χ0v) is 15.7. The van der Waals surface area contributed by atoms with Crippen molar-refractivity contribution in [2.24, 2.45) is 0 Å². The van der Waals surface area contributed by atoms with E-state index >= 15 is 0 Å². The lowest BCUT2D eigenvalue weighted by Gasteiger charge is -2.36. The van der Waals surface area contributed by atoms with Gasteiger partial charge in [0.25, 0.3) is 5.91 Å². The van der Waals surface area contributed by atoms with Crippen molar-refractivity contribution in [3.05, 3.63) is 66.5 Å². The summed E-state index contributed by atoms with van der Waals surface area (Å²) in [6.45, 7) is 3.75.